The monoisotopic (exact) mass is 1340 g/mol. The lowest BCUT2D eigenvalue weighted by molar-refractivity contribution is -0.0156. The first-order chi connectivity index (χ1) is 42.5. The van der Waals surface area contributed by atoms with Crippen LogP contribution < -0.4 is 18.9 Å². The van der Waals surface area contributed by atoms with Crippen LogP contribution in [0.15, 0.2) is 24.3 Å². The maximum atomic E-state index is 15.3. The van der Waals surface area contributed by atoms with Gasteiger partial charge in [-0.15, -0.1) is 0 Å². The Morgan fingerprint density at radius 1 is 0.278 bits per heavy atom. The summed E-state index contributed by atoms with van der Waals surface area (Å²) in [5, 5.41) is 0. The number of nitrogens with zero attached hydrogens (tertiary/aromatic N) is 16. The second kappa shape index (κ2) is 19.5. The van der Waals surface area contributed by atoms with Crippen LogP contribution in [0.2, 0.25) is 0 Å². The van der Waals surface area contributed by atoms with Crippen molar-refractivity contribution in [1.29, 1.82) is 0 Å². The van der Waals surface area contributed by atoms with E-state index in [-0.39, 0.29) is 71.4 Å². The highest BCUT2D eigenvalue weighted by atomic mass is 32.2. The number of benzene rings is 2. The molecule has 13 aliphatic rings. The lowest BCUT2D eigenvalue weighted by Gasteiger charge is -2.42. The van der Waals surface area contributed by atoms with Crippen molar-refractivity contribution in [2.45, 2.75) is 75.5 Å². The van der Waals surface area contributed by atoms with Crippen LogP contribution in [0.3, 0.4) is 0 Å². The van der Waals surface area contributed by atoms with Crippen LogP contribution >= 0.6 is 0 Å². The molecule has 0 bridgehead atoms. The molecule has 15 rings (SSSR count). The lowest BCUT2D eigenvalue weighted by Crippen LogP contribution is -2.63. The SMILES string of the molecule is O=C1N2Cc3c(OCCS(=O)(=O)O)ccc(OCCS(=O)(=O)O)c3CN3C(=O)N4CN5C(=O)N6CN7C(=O)N8CN9C(=O)N%10Cc%11c(OCCS(=O)(=O)O)ccc(OCCS(=O)(=O)O)c%11CN%11C(=O)N(CN%12C(=O)N(CN%13C(=O)N(CN1C4C23)C5C%136)C7C%128)C9C%11%10. The second-order valence-corrected chi connectivity index (χ2v) is 29.4. The van der Waals surface area contributed by atoms with Crippen LogP contribution in [0.25, 0.3) is 0 Å². The van der Waals surface area contributed by atoms with Crippen LogP contribution in [0.5, 0.6) is 23.0 Å². The fourth-order valence-corrected chi connectivity index (χ4v) is 15.8. The molecule has 2 aromatic rings. The molecule has 0 radical (unpaired) electrons. The number of fused-ring (bicyclic) bond motifs is 2. The molecule has 40 nitrogen and oxygen atoms in total. The Balaban J connectivity index is 0.736. The van der Waals surface area contributed by atoms with Gasteiger partial charge < -0.3 is 18.9 Å². The number of hydrogen-bond acceptors (Lipinski definition) is 20. The predicted octanol–water partition coefficient (Wildman–Crippen LogP) is -3.22. The van der Waals surface area contributed by atoms with E-state index in [9.17, 15) is 51.9 Å². The van der Waals surface area contributed by atoms with Crippen LogP contribution in [-0.4, -0.2) is 317 Å². The Labute approximate surface area is 508 Å². The van der Waals surface area contributed by atoms with Gasteiger partial charge in [-0.2, -0.15) is 33.7 Å². The molecule has 2 aromatic carbocycles. The minimum Gasteiger partial charge on any atom is -0.492 e. The van der Waals surface area contributed by atoms with Crippen LogP contribution in [0, 0.1) is 0 Å². The van der Waals surface area contributed by atoms with Gasteiger partial charge >= 0.3 is 48.2 Å². The first-order valence-corrected chi connectivity index (χ1v) is 34.1. The van der Waals surface area contributed by atoms with Gasteiger partial charge in [-0.1, -0.05) is 0 Å². The minimum absolute atomic E-state index is 0.00517. The Bertz CT molecular complexity index is 3590. The molecule has 90 heavy (non-hydrogen) atoms. The standard InChI is InChI=1S/C46H52N16O24S4/c63-39-47-13-23-24(28(84-6-10-88(74,75)76)2-1-27(23)83-5-9-87(71,72)73)14-48-31(47)33-51(39)17-55-35-37-59(43(55)67)21-61-38-36-57(45(61)69)19-53-34-32-49(41(53)65)15-25-26(30(86-8-12-90(80,81)82)4-3-29(25)85-7-11-89(77,78)79)16-50(32)42(66)54(34)20-58(36)46(70)62(38)22-60(37)44(68)56(35)18-52(33)40(48)64/h1-4,31-38H,5-22H2,(H,71,72,73)(H,74,75,76)(H,77,78,79)(H,80,81,82). The molecule has 13 aliphatic heterocycles. The van der Waals surface area contributed by atoms with E-state index < -0.39 is 227 Å². The number of urea groups is 8. The number of hydrogen-bond donors (Lipinski definition) is 4. The summed E-state index contributed by atoms with van der Waals surface area (Å²) in [6.45, 7) is -6.99. The van der Waals surface area contributed by atoms with Gasteiger partial charge in [0.05, 0.1) is 26.2 Å². The summed E-state index contributed by atoms with van der Waals surface area (Å²) in [4.78, 5) is 142. The van der Waals surface area contributed by atoms with Gasteiger partial charge in [0, 0.05) is 22.3 Å². The average Bonchev–Trinajstić information content (AvgIpc) is 1.52. The summed E-state index contributed by atoms with van der Waals surface area (Å²) in [5.74, 6) is -3.31. The summed E-state index contributed by atoms with van der Waals surface area (Å²) >= 11 is 0. The number of ether oxygens (including phenoxy) is 4. The van der Waals surface area contributed by atoms with Crippen molar-refractivity contribution < 1.29 is 109 Å². The van der Waals surface area contributed by atoms with Crippen molar-refractivity contribution in [2.75, 3.05) is 89.5 Å². The van der Waals surface area contributed by atoms with Gasteiger partial charge in [-0.05, 0) is 24.3 Å². The topological polar surface area (TPSA) is 443 Å². The van der Waals surface area contributed by atoms with Crippen molar-refractivity contribution >= 4 is 88.7 Å². The van der Waals surface area contributed by atoms with Crippen LogP contribution in [0.4, 0.5) is 38.4 Å². The maximum Gasteiger partial charge on any atom is 0.326 e. The quantitative estimate of drug-likeness (QED) is 0.120. The molecular weight excluding hydrogens is 1290 g/mol. The number of amides is 16. The number of carbonyl (C=O) groups excluding carboxylic acids is 8. The molecule has 484 valence electrons. The molecular formula is C46H52N16O24S4. The van der Waals surface area contributed by atoms with Crippen LogP contribution in [0.1, 0.15) is 22.3 Å². The highest BCUT2D eigenvalue weighted by Crippen LogP contribution is 2.51. The van der Waals surface area contributed by atoms with Crippen molar-refractivity contribution in [1.82, 2.24) is 78.4 Å². The normalized spacial score (nSPS) is 27.9. The Morgan fingerprint density at radius 3 is 0.578 bits per heavy atom. The van der Waals surface area contributed by atoms with Crippen molar-refractivity contribution in [3.05, 3.63) is 46.5 Å². The molecule has 13 heterocycles. The number of rotatable bonds is 16. The third-order valence-electron chi connectivity index (χ3n) is 18.3. The summed E-state index contributed by atoms with van der Waals surface area (Å²) in [6, 6.07) is -0.559. The summed E-state index contributed by atoms with van der Waals surface area (Å²) in [5.41, 5.74) is 0.795. The van der Waals surface area contributed by atoms with Gasteiger partial charge in [-0.25, -0.2) is 38.4 Å². The van der Waals surface area contributed by atoms with E-state index in [0.29, 0.717) is 0 Å². The van der Waals surface area contributed by atoms with E-state index >= 15 is 38.4 Å². The fourth-order valence-electron chi connectivity index (χ4n) is 14.7. The molecule has 0 aliphatic carbocycles. The lowest BCUT2D eigenvalue weighted by atomic mass is 10.0. The zero-order valence-electron chi connectivity index (χ0n) is 46.4. The molecule has 0 saturated carbocycles. The predicted molar refractivity (Wildman–Crippen MR) is 287 cm³/mol. The molecule has 44 heteroatoms. The first kappa shape index (κ1) is 57.9. The Kier molecular flexibility index (Phi) is 12.5. The van der Waals surface area contributed by atoms with Gasteiger partial charge in [0.2, 0.25) is 0 Å². The second-order valence-electron chi connectivity index (χ2n) is 23.1. The zero-order valence-corrected chi connectivity index (χ0v) is 49.7. The van der Waals surface area contributed by atoms with Crippen molar-refractivity contribution in [3.8, 4) is 23.0 Å². The Morgan fingerprint density at radius 2 is 0.422 bits per heavy atom. The van der Waals surface area contributed by atoms with E-state index in [2.05, 4.69) is 0 Å². The summed E-state index contributed by atoms with van der Waals surface area (Å²) in [7, 11) is -18.1. The molecule has 16 amide bonds. The Hall–Kier alpha value is -8.56. The van der Waals surface area contributed by atoms with Crippen molar-refractivity contribution in [3.63, 3.8) is 0 Å². The third-order valence-corrected chi connectivity index (χ3v) is 21.1. The molecule has 0 atom stereocenters. The summed E-state index contributed by atoms with van der Waals surface area (Å²) in [6.07, 6.45) is -9.87. The van der Waals surface area contributed by atoms with E-state index in [1.807, 2.05) is 0 Å². The molecule has 0 aromatic heterocycles. The fraction of sp³-hybridized carbons (Fsp3) is 0.565. The van der Waals surface area contributed by atoms with Crippen LogP contribution in [-0.2, 0) is 66.7 Å². The van der Waals surface area contributed by atoms with Crippen molar-refractivity contribution in [2.24, 2.45) is 0 Å². The molecule has 11 saturated heterocycles. The maximum absolute atomic E-state index is 15.3. The zero-order chi connectivity index (χ0) is 63.5. The highest BCUT2D eigenvalue weighted by molar-refractivity contribution is 7.86. The molecule has 0 unspecified atom stereocenters. The molecule has 4 N–H and O–H groups in total. The van der Waals surface area contributed by atoms with Gasteiger partial charge in [-0.3, -0.25) is 96.6 Å². The largest absolute Gasteiger partial charge is 0.492 e. The first-order valence-electron chi connectivity index (χ1n) is 27.7. The van der Waals surface area contributed by atoms with E-state index in [0.717, 1.165) is 0 Å². The summed E-state index contributed by atoms with van der Waals surface area (Å²) < 4.78 is 154. The third kappa shape index (κ3) is 8.67. The highest BCUT2D eigenvalue weighted by Gasteiger charge is 2.72. The van der Waals surface area contributed by atoms with E-state index in [1.165, 1.54) is 103 Å². The minimum atomic E-state index is -4.52. The number of carbonyl (C=O) groups is 8. The van der Waals surface area contributed by atoms with E-state index in [1.54, 1.807) is 0 Å². The smallest absolute Gasteiger partial charge is 0.326 e. The molecule has 0 spiro atoms. The van der Waals surface area contributed by atoms with E-state index in [4.69, 9.17) is 18.9 Å². The van der Waals surface area contributed by atoms with Gasteiger partial charge in [0.25, 0.3) is 40.5 Å². The van der Waals surface area contributed by atoms with Gasteiger partial charge in [0.15, 0.2) is 49.3 Å². The van der Waals surface area contributed by atoms with Gasteiger partial charge in [0.1, 0.15) is 112 Å². The molecule has 11 fully saturated rings. The average molecular weight is 1340 g/mol.